The Morgan fingerprint density at radius 2 is 1.81 bits per heavy atom. The van der Waals surface area contributed by atoms with Crippen LogP contribution in [0.3, 0.4) is 0 Å². The van der Waals surface area contributed by atoms with Gasteiger partial charge in [-0.15, -0.1) is 0 Å². The van der Waals surface area contributed by atoms with E-state index >= 15 is 0 Å². The first-order chi connectivity index (χ1) is 9.84. The van der Waals surface area contributed by atoms with Gasteiger partial charge in [-0.3, -0.25) is 4.79 Å². The highest BCUT2D eigenvalue weighted by molar-refractivity contribution is 7.92. The van der Waals surface area contributed by atoms with Crippen molar-refractivity contribution in [1.82, 2.24) is 0 Å². The van der Waals surface area contributed by atoms with Gasteiger partial charge < -0.3 is 14.6 Å². The molecule has 21 heavy (non-hydrogen) atoms. The molecule has 0 spiro atoms. The van der Waals surface area contributed by atoms with E-state index in [9.17, 15) is 18.0 Å². The fourth-order valence-corrected chi connectivity index (χ4v) is 2.36. The first-order valence-corrected chi connectivity index (χ1v) is 7.98. The van der Waals surface area contributed by atoms with Crippen LogP contribution >= 0.6 is 0 Å². The topological polar surface area (TPSA) is 107 Å². The van der Waals surface area contributed by atoms with E-state index in [0.29, 0.717) is 5.75 Å². The largest absolute Gasteiger partial charge is 0.493 e. The van der Waals surface area contributed by atoms with Gasteiger partial charge in [0.2, 0.25) is 0 Å². The monoisotopic (exact) mass is 316 g/mol. The number of sulfone groups is 1. The number of hydrogen-bond acceptors (Lipinski definition) is 6. The minimum Gasteiger partial charge on any atom is -0.493 e. The van der Waals surface area contributed by atoms with Gasteiger partial charge in [0.25, 0.3) is 0 Å². The molecule has 1 aromatic rings. The van der Waals surface area contributed by atoms with Crippen LogP contribution < -0.4 is 4.74 Å². The first kappa shape index (κ1) is 17.0. The van der Waals surface area contributed by atoms with Crippen LogP contribution in [0, 0.1) is 0 Å². The number of esters is 1. The summed E-state index contributed by atoms with van der Waals surface area (Å²) in [7, 11) is -3.59. The van der Waals surface area contributed by atoms with Crippen LogP contribution in [0.15, 0.2) is 24.3 Å². The average Bonchev–Trinajstić information content (AvgIpc) is 2.38. The molecule has 0 heterocycles. The smallest absolute Gasteiger partial charge is 0.335 e. The highest BCUT2D eigenvalue weighted by atomic mass is 32.2. The molecule has 116 valence electrons. The van der Waals surface area contributed by atoms with Crippen molar-refractivity contribution in [2.45, 2.75) is 6.92 Å². The standard InChI is InChI=1S/C13H16O7S/c1-2-19-12(14)9-21(17,18)8-7-20-11-5-3-10(4-6-11)13(15)16/h3-6H,2,7-9H2,1H3,(H,15,16). The number of aromatic carboxylic acids is 1. The van der Waals surface area contributed by atoms with Crippen molar-refractivity contribution >= 4 is 21.8 Å². The molecule has 0 fully saturated rings. The van der Waals surface area contributed by atoms with E-state index in [-0.39, 0.29) is 24.5 Å². The van der Waals surface area contributed by atoms with Crippen molar-refractivity contribution in [3.63, 3.8) is 0 Å². The summed E-state index contributed by atoms with van der Waals surface area (Å²) in [5.41, 5.74) is 0.109. The van der Waals surface area contributed by atoms with Crippen LogP contribution in [0.25, 0.3) is 0 Å². The van der Waals surface area contributed by atoms with Crippen LogP contribution in [0.4, 0.5) is 0 Å². The van der Waals surface area contributed by atoms with Crippen molar-refractivity contribution in [3.05, 3.63) is 29.8 Å². The molecule has 7 nitrogen and oxygen atoms in total. The van der Waals surface area contributed by atoms with E-state index in [0.717, 1.165) is 0 Å². The molecule has 0 radical (unpaired) electrons. The summed E-state index contributed by atoms with van der Waals surface area (Å²) >= 11 is 0. The summed E-state index contributed by atoms with van der Waals surface area (Å²) < 4.78 is 32.9. The van der Waals surface area contributed by atoms with Crippen LogP contribution in [-0.2, 0) is 19.4 Å². The highest BCUT2D eigenvalue weighted by Gasteiger charge is 2.17. The number of carboxylic acid groups (broad SMARTS) is 1. The summed E-state index contributed by atoms with van der Waals surface area (Å²) in [5, 5.41) is 8.72. The maximum absolute atomic E-state index is 11.6. The summed E-state index contributed by atoms with van der Waals surface area (Å²) in [6.45, 7) is 1.59. The van der Waals surface area contributed by atoms with Crippen molar-refractivity contribution in [2.75, 3.05) is 24.7 Å². The van der Waals surface area contributed by atoms with E-state index < -0.39 is 27.5 Å². The normalized spacial score (nSPS) is 10.9. The highest BCUT2D eigenvalue weighted by Crippen LogP contribution is 2.12. The molecule has 0 unspecified atom stereocenters. The van der Waals surface area contributed by atoms with E-state index in [1.54, 1.807) is 6.92 Å². The van der Waals surface area contributed by atoms with Gasteiger partial charge in [0.15, 0.2) is 9.84 Å². The number of ether oxygens (including phenoxy) is 2. The fourth-order valence-electron chi connectivity index (χ4n) is 1.43. The molecule has 0 aromatic heterocycles. The molecule has 0 aliphatic heterocycles. The first-order valence-electron chi connectivity index (χ1n) is 6.16. The molecule has 0 saturated heterocycles. The van der Waals surface area contributed by atoms with Crippen molar-refractivity contribution in [3.8, 4) is 5.75 Å². The van der Waals surface area contributed by atoms with E-state index in [1.165, 1.54) is 24.3 Å². The Hall–Kier alpha value is -2.09. The van der Waals surface area contributed by atoms with E-state index in [1.807, 2.05) is 0 Å². The van der Waals surface area contributed by atoms with Crippen LogP contribution in [0.1, 0.15) is 17.3 Å². The zero-order valence-electron chi connectivity index (χ0n) is 11.4. The Labute approximate surface area is 122 Å². The molecule has 1 aromatic carbocycles. The third-order valence-corrected chi connectivity index (χ3v) is 3.87. The molecule has 1 rings (SSSR count). The predicted octanol–water partition coefficient (Wildman–Crippen LogP) is 0.742. The number of carbonyl (C=O) groups is 2. The van der Waals surface area contributed by atoms with Gasteiger partial charge in [-0.25, -0.2) is 13.2 Å². The lowest BCUT2D eigenvalue weighted by molar-refractivity contribution is -0.139. The number of carboxylic acids is 1. The molecular weight excluding hydrogens is 300 g/mol. The lowest BCUT2D eigenvalue weighted by Gasteiger charge is -2.07. The zero-order chi connectivity index (χ0) is 15.9. The van der Waals surface area contributed by atoms with Gasteiger partial charge in [0.05, 0.1) is 17.9 Å². The Morgan fingerprint density at radius 1 is 1.19 bits per heavy atom. The summed E-state index contributed by atoms with van der Waals surface area (Å²) in [6.07, 6.45) is 0. The second-order valence-electron chi connectivity index (χ2n) is 4.08. The maximum atomic E-state index is 11.6. The molecule has 8 heteroatoms. The molecule has 0 saturated carbocycles. The van der Waals surface area contributed by atoms with E-state index in [2.05, 4.69) is 4.74 Å². The van der Waals surface area contributed by atoms with Gasteiger partial charge in [-0.2, -0.15) is 0 Å². The molecular formula is C13H16O7S. The van der Waals surface area contributed by atoms with Gasteiger partial charge in [-0.1, -0.05) is 0 Å². The van der Waals surface area contributed by atoms with Gasteiger partial charge in [0.1, 0.15) is 18.1 Å². The van der Waals surface area contributed by atoms with Crippen LogP contribution in [0.2, 0.25) is 0 Å². The Kier molecular flexibility index (Phi) is 6.16. The average molecular weight is 316 g/mol. The minimum atomic E-state index is -3.59. The summed E-state index contributed by atoms with van der Waals surface area (Å²) in [5.74, 6) is -2.50. The molecule has 1 N–H and O–H groups in total. The number of carbonyl (C=O) groups excluding carboxylic acids is 1. The minimum absolute atomic E-state index is 0.109. The van der Waals surface area contributed by atoms with Crippen molar-refractivity contribution < 1.29 is 32.6 Å². The molecule has 0 aliphatic rings. The maximum Gasteiger partial charge on any atom is 0.335 e. The Balaban J connectivity index is 2.45. The Morgan fingerprint density at radius 3 is 2.33 bits per heavy atom. The number of benzene rings is 1. The van der Waals surface area contributed by atoms with Crippen molar-refractivity contribution in [1.29, 1.82) is 0 Å². The third-order valence-electron chi connectivity index (χ3n) is 2.41. The van der Waals surface area contributed by atoms with Crippen LogP contribution in [-0.4, -0.2) is 50.2 Å². The van der Waals surface area contributed by atoms with Crippen LogP contribution in [0.5, 0.6) is 5.75 Å². The summed E-state index contributed by atoms with van der Waals surface area (Å²) in [6, 6.07) is 5.57. The SMILES string of the molecule is CCOC(=O)CS(=O)(=O)CCOc1ccc(C(=O)O)cc1. The second kappa shape index (κ2) is 7.63. The predicted molar refractivity (Wildman–Crippen MR) is 74.2 cm³/mol. The third kappa shape index (κ3) is 6.26. The lowest BCUT2D eigenvalue weighted by Crippen LogP contribution is -2.23. The number of hydrogen-bond donors (Lipinski definition) is 1. The lowest BCUT2D eigenvalue weighted by atomic mass is 10.2. The van der Waals surface area contributed by atoms with Gasteiger partial charge in [-0.05, 0) is 31.2 Å². The molecule has 0 aliphatic carbocycles. The number of rotatable bonds is 8. The van der Waals surface area contributed by atoms with Gasteiger partial charge in [0, 0.05) is 0 Å². The van der Waals surface area contributed by atoms with Crippen molar-refractivity contribution in [2.24, 2.45) is 0 Å². The second-order valence-corrected chi connectivity index (χ2v) is 6.26. The molecule has 0 atom stereocenters. The molecule has 0 bridgehead atoms. The quantitative estimate of drug-likeness (QED) is 0.705. The molecule has 0 amide bonds. The van der Waals surface area contributed by atoms with E-state index in [4.69, 9.17) is 9.84 Å². The Bertz CT molecular complexity index is 589. The summed E-state index contributed by atoms with van der Waals surface area (Å²) in [4.78, 5) is 21.7. The van der Waals surface area contributed by atoms with Gasteiger partial charge >= 0.3 is 11.9 Å². The fraction of sp³-hybridized carbons (Fsp3) is 0.385. The zero-order valence-corrected chi connectivity index (χ0v) is 12.3.